The highest BCUT2D eigenvalue weighted by Gasteiger charge is 2.15. The summed E-state index contributed by atoms with van der Waals surface area (Å²) in [6, 6.07) is 7.37. The summed E-state index contributed by atoms with van der Waals surface area (Å²) in [5.41, 5.74) is 1.78. The van der Waals surface area contributed by atoms with Gasteiger partial charge < -0.3 is 10.0 Å². The molecule has 0 fully saturated rings. The van der Waals surface area contributed by atoms with Crippen molar-refractivity contribution in [2.24, 2.45) is 5.92 Å². The molecular weight excluding hydrogens is 264 g/mol. The molecule has 1 aromatic carbocycles. The van der Waals surface area contributed by atoms with Gasteiger partial charge in [-0.25, -0.2) is 0 Å². The van der Waals surface area contributed by atoms with Gasteiger partial charge in [0.1, 0.15) is 0 Å². The van der Waals surface area contributed by atoms with Crippen molar-refractivity contribution in [2.45, 2.75) is 6.92 Å². The summed E-state index contributed by atoms with van der Waals surface area (Å²) in [5.74, 6) is -1.24. The van der Waals surface area contributed by atoms with Crippen molar-refractivity contribution >= 4 is 34.2 Å². The molecule has 0 radical (unpaired) electrons. The third-order valence-corrected chi connectivity index (χ3v) is 3.30. The van der Waals surface area contributed by atoms with Gasteiger partial charge in [0.2, 0.25) is 0 Å². The standard InChI is InChI=1S/C14H15ClN2O2/c1-9(14(18)19)8-17(2)13-5-6-16-12-4-3-10(15)7-11(12)13/h3-7,9H,8H2,1-2H3,(H,18,19). The van der Waals surface area contributed by atoms with Crippen LogP contribution in [-0.4, -0.2) is 29.7 Å². The summed E-state index contributed by atoms with van der Waals surface area (Å²) >= 11 is 6.01. The Hall–Kier alpha value is -1.81. The number of rotatable bonds is 4. The van der Waals surface area contributed by atoms with Crippen molar-refractivity contribution < 1.29 is 9.90 Å². The Balaban J connectivity index is 2.38. The normalized spacial score (nSPS) is 12.4. The number of carboxylic acid groups (broad SMARTS) is 1. The molecular formula is C14H15ClN2O2. The quantitative estimate of drug-likeness (QED) is 0.934. The van der Waals surface area contributed by atoms with Gasteiger partial charge in [-0.05, 0) is 24.3 Å². The van der Waals surface area contributed by atoms with Gasteiger partial charge in [0, 0.05) is 35.9 Å². The van der Waals surface area contributed by atoms with Crippen molar-refractivity contribution in [3.05, 3.63) is 35.5 Å². The Morgan fingerprint density at radius 3 is 2.89 bits per heavy atom. The molecule has 2 aromatic rings. The Bertz CT molecular complexity index is 615. The smallest absolute Gasteiger partial charge is 0.308 e. The topological polar surface area (TPSA) is 53.4 Å². The van der Waals surface area contributed by atoms with Crippen LogP contribution in [0.25, 0.3) is 10.9 Å². The summed E-state index contributed by atoms with van der Waals surface area (Å²) in [6.45, 7) is 2.12. The molecule has 0 bridgehead atoms. The Kier molecular flexibility index (Phi) is 3.90. The lowest BCUT2D eigenvalue weighted by Gasteiger charge is -2.22. The van der Waals surface area contributed by atoms with Crippen molar-refractivity contribution in [1.29, 1.82) is 0 Å². The van der Waals surface area contributed by atoms with Crippen LogP contribution < -0.4 is 4.90 Å². The van der Waals surface area contributed by atoms with E-state index in [0.717, 1.165) is 16.6 Å². The van der Waals surface area contributed by atoms with Gasteiger partial charge in [-0.3, -0.25) is 9.78 Å². The first-order valence-electron chi connectivity index (χ1n) is 5.97. The molecule has 0 aliphatic carbocycles. The number of pyridine rings is 1. The first-order chi connectivity index (χ1) is 8.99. The molecule has 0 amide bonds. The second-order valence-electron chi connectivity index (χ2n) is 4.61. The summed E-state index contributed by atoms with van der Waals surface area (Å²) in [4.78, 5) is 17.1. The van der Waals surface area contributed by atoms with Gasteiger partial charge >= 0.3 is 5.97 Å². The van der Waals surface area contributed by atoms with Gasteiger partial charge in [0.25, 0.3) is 0 Å². The third-order valence-electron chi connectivity index (χ3n) is 3.06. The van der Waals surface area contributed by atoms with Gasteiger partial charge in [0.15, 0.2) is 0 Å². The maximum atomic E-state index is 10.9. The molecule has 5 heteroatoms. The average Bonchev–Trinajstić information content (AvgIpc) is 2.37. The van der Waals surface area contributed by atoms with Crippen molar-refractivity contribution in [2.75, 3.05) is 18.5 Å². The average molecular weight is 279 g/mol. The molecule has 0 spiro atoms. The zero-order valence-electron chi connectivity index (χ0n) is 10.8. The number of anilines is 1. The molecule has 1 N–H and O–H groups in total. The predicted molar refractivity (Wildman–Crippen MR) is 76.8 cm³/mol. The van der Waals surface area contributed by atoms with Crippen LogP contribution in [0.2, 0.25) is 5.02 Å². The third kappa shape index (κ3) is 2.96. The Labute approximate surface area is 116 Å². The SMILES string of the molecule is CC(CN(C)c1ccnc2ccc(Cl)cc12)C(=O)O. The molecule has 100 valence electrons. The summed E-state index contributed by atoms with van der Waals surface area (Å²) in [6.07, 6.45) is 1.72. The van der Waals surface area contributed by atoms with E-state index in [1.807, 2.05) is 30.1 Å². The highest BCUT2D eigenvalue weighted by atomic mass is 35.5. The number of hydrogen-bond acceptors (Lipinski definition) is 3. The fourth-order valence-electron chi connectivity index (χ4n) is 2.02. The largest absolute Gasteiger partial charge is 0.481 e. The maximum absolute atomic E-state index is 10.9. The van der Waals surface area contributed by atoms with Gasteiger partial charge in [-0.2, -0.15) is 0 Å². The van der Waals surface area contributed by atoms with E-state index < -0.39 is 11.9 Å². The lowest BCUT2D eigenvalue weighted by atomic mass is 10.1. The summed E-state index contributed by atoms with van der Waals surface area (Å²) in [7, 11) is 1.87. The van der Waals surface area contributed by atoms with Crippen LogP contribution in [0.1, 0.15) is 6.92 Å². The van der Waals surface area contributed by atoms with Crippen LogP contribution in [0.3, 0.4) is 0 Å². The number of aromatic nitrogens is 1. The van der Waals surface area contributed by atoms with E-state index in [4.69, 9.17) is 16.7 Å². The number of benzene rings is 1. The van der Waals surface area contributed by atoms with Crippen LogP contribution in [0.5, 0.6) is 0 Å². The first-order valence-corrected chi connectivity index (χ1v) is 6.35. The van der Waals surface area contributed by atoms with E-state index >= 15 is 0 Å². The second kappa shape index (κ2) is 5.45. The van der Waals surface area contributed by atoms with Gasteiger partial charge in [-0.1, -0.05) is 18.5 Å². The van der Waals surface area contributed by atoms with Crippen LogP contribution >= 0.6 is 11.6 Å². The number of halogens is 1. The lowest BCUT2D eigenvalue weighted by molar-refractivity contribution is -0.140. The van der Waals surface area contributed by atoms with Crippen molar-refractivity contribution in [1.82, 2.24) is 4.98 Å². The Morgan fingerprint density at radius 1 is 1.47 bits per heavy atom. The summed E-state index contributed by atoms with van der Waals surface area (Å²) in [5, 5.41) is 10.5. The predicted octanol–water partition coefficient (Wildman–Crippen LogP) is 3.05. The van der Waals surface area contributed by atoms with E-state index in [0.29, 0.717) is 11.6 Å². The molecule has 1 unspecified atom stereocenters. The monoisotopic (exact) mass is 278 g/mol. The maximum Gasteiger partial charge on any atom is 0.308 e. The number of hydrogen-bond donors (Lipinski definition) is 1. The lowest BCUT2D eigenvalue weighted by Crippen LogP contribution is -2.28. The minimum Gasteiger partial charge on any atom is -0.481 e. The van der Waals surface area contributed by atoms with Crippen molar-refractivity contribution in [3.63, 3.8) is 0 Å². The van der Waals surface area contributed by atoms with E-state index in [9.17, 15) is 4.79 Å². The van der Waals surface area contributed by atoms with Gasteiger partial charge in [-0.15, -0.1) is 0 Å². The van der Waals surface area contributed by atoms with Crippen LogP contribution in [-0.2, 0) is 4.79 Å². The van der Waals surface area contributed by atoms with Crippen LogP contribution in [0, 0.1) is 5.92 Å². The molecule has 0 saturated heterocycles. The van der Waals surface area contributed by atoms with E-state index in [2.05, 4.69) is 4.98 Å². The van der Waals surface area contributed by atoms with Gasteiger partial charge in [0.05, 0.1) is 11.4 Å². The molecule has 1 atom stereocenters. The number of carboxylic acids is 1. The minimum atomic E-state index is -0.803. The highest BCUT2D eigenvalue weighted by molar-refractivity contribution is 6.31. The molecule has 1 aromatic heterocycles. The fraction of sp³-hybridized carbons (Fsp3) is 0.286. The molecule has 19 heavy (non-hydrogen) atoms. The van der Waals surface area contributed by atoms with Crippen LogP contribution in [0.4, 0.5) is 5.69 Å². The summed E-state index contributed by atoms with van der Waals surface area (Å²) < 4.78 is 0. The van der Waals surface area contributed by atoms with Crippen molar-refractivity contribution in [3.8, 4) is 0 Å². The second-order valence-corrected chi connectivity index (χ2v) is 5.05. The number of fused-ring (bicyclic) bond motifs is 1. The first kappa shape index (κ1) is 13.6. The Morgan fingerprint density at radius 2 is 2.21 bits per heavy atom. The van der Waals surface area contributed by atoms with Crippen LogP contribution in [0.15, 0.2) is 30.5 Å². The molecule has 1 heterocycles. The molecule has 0 aliphatic rings. The van der Waals surface area contributed by atoms with E-state index in [-0.39, 0.29) is 0 Å². The molecule has 4 nitrogen and oxygen atoms in total. The number of carbonyl (C=O) groups is 1. The zero-order chi connectivity index (χ0) is 14.0. The van der Waals surface area contributed by atoms with E-state index in [1.54, 1.807) is 19.2 Å². The molecule has 0 aliphatic heterocycles. The zero-order valence-corrected chi connectivity index (χ0v) is 11.6. The minimum absolute atomic E-state index is 0.432. The highest BCUT2D eigenvalue weighted by Crippen LogP contribution is 2.27. The molecule has 2 rings (SSSR count). The van der Waals surface area contributed by atoms with E-state index in [1.165, 1.54) is 0 Å². The number of nitrogens with zero attached hydrogens (tertiary/aromatic N) is 2. The number of aliphatic carboxylic acids is 1. The fourth-order valence-corrected chi connectivity index (χ4v) is 2.20. The molecule has 0 saturated carbocycles.